The van der Waals surface area contributed by atoms with Crippen molar-refractivity contribution in [1.29, 1.82) is 0 Å². The molecule has 0 radical (unpaired) electrons. The average Bonchev–Trinajstić information content (AvgIpc) is 2.62. The van der Waals surface area contributed by atoms with Crippen molar-refractivity contribution in [3.8, 4) is 0 Å². The van der Waals surface area contributed by atoms with Crippen molar-refractivity contribution in [2.45, 2.75) is 12.8 Å². The molecule has 2 heteroatoms. The van der Waals surface area contributed by atoms with E-state index in [-0.39, 0.29) is 0 Å². The molecule has 0 heterocycles. The Kier molecular flexibility index (Phi) is 4.10. The zero-order valence-corrected chi connectivity index (χ0v) is 12.5. The maximum Gasteiger partial charge on any atom is 0.0423 e. The molecule has 0 atom stereocenters. The summed E-state index contributed by atoms with van der Waals surface area (Å²) in [6.45, 7) is 0. The average molecular weight is 288 g/mol. The smallest absolute Gasteiger partial charge is 0.0423 e. The van der Waals surface area contributed by atoms with E-state index in [1.807, 2.05) is 48.6 Å². The van der Waals surface area contributed by atoms with Crippen LogP contribution in [0.15, 0.2) is 84.0 Å². The third-order valence-electron chi connectivity index (χ3n) is 3.96. The van der Waals surface area contributed by atoms with Gasteiger partial charge in [-0.15, -0.1) is 0 Å². The van der Waals surface area contributed by atoms with E-state index in [0.717, 1.165) is 46.5 Å². The zero-order chi connectivity index (χ0) is 15.4. The van der Waals surface area contributed by atoms with Crippen LogP contribution in [-0.2, 0) is 0 Å². The topological polar surface area (TPSA) is 52.0 Å². The Morgan fingerprint density at radius 3 is 1.36 bits per heavy atom. The predicted molar refractivity (Wildman–Crippen MR) is 94.5 cm³/mol. The third-order valence-corrected chi connectivity index (χ3v) is 3.96. The highest BCUT2D eigenvalue weighted by molar-refractivity contribution is 5.73. The minimum absolute atomic E-state index is 0.832. The molecule has 22 heavy (non-hydrogen) atoms. The second-order valence-corrected chi connectivity index (χ2v) is 5.44. The first kappa shape index (κ1) is 14.2. The van der Waals surface area contributed by atoms with Crippen LogP contribution in [0.1, 0.15) is 24.0 Å². The highest BCUT2D eigenvalue weighted by Gasteiger charge is 2.07. The quantitative estimate of drug-likeness (QED) is 0.862. The number of nitrogens with two attached hydrogens (primary N) is 2. The van der Waals surface area contributed by atoms with E-state index in [1.54, 1.807) is 0 Å². The lowest BCUT2D eigenvalue weighted by Gasteiger charge is -2.12. The molecular formula is C20H20N2. The fourth-order valence-corrected chi connectivity index (χ4v) is 2.63. The van der Waals surface area contributed by atoms with Crippen molar-refractivity contribution in [2.24, 2.45) is 11.5 Å². The van der Waals surface area contributed by atoms with E-state index in [1.165, 1.54) is 0 Å². The molecule has 0 bridgehead atoms. The molecule has 0 aromatic heterocycles. The number of hydrogen-bond donors (Lipinski definition) is 2. The molecule has 4 N–H and O–H groups in total. The Morgan fingerprint density at radius 1 is 0.636 bits per heavy atom. The van der Waals surface area contributed by atoms with Crippen LogP contribution in [0.2, 0.25) is 0 Å². The van der Waals surface area contributed by atoms with Crippen molar-refractivity contribution in [1.82, 2.24) is 0 Å². The summed E-state index contributed by atoms with van der Waals surface area (Å²) in [6, 6.07) is 8.17. The number of allylic oxidation sites excluding steroid dienone is 10. The van der Waals surface area contributed by atoms with Crippen molar-refractivity contribution in [3.05, 3.63) is 95.1 Å². The molecular weight excluding hydrogens is 268 g/mol. The van der Waals surface area contributed by atoms with Gasteiger partial charge in [-0.05, 0) is 35.1 Å². The van der Waals surface area contributed by atoms with Gasteiger partial charge in [-0.1, -0.05) is 72.9 Å². The highest BCUT2D eigenvalue weighted by Crippen LogP contribution is 2.24. The van der Waals surface area contributed by atoms with Gasteiger partial charge in [0.2, 0.25) is 0 Å². The second-order valence-electron chi connectivity index (χ2n) is 5.44. The Bertz CT molecular complexity index is 673. The minimum Gasteiger partial charge on any atom is -0.398 e. The fourth-order valence-electron chi connectivity index (χ4n) is 2.63. The highest BCUT2D eigenvalue weighted by atomic mass is 14.6. The van der Waals surface area contributed by atoms with Gasteiger partial charge < -0.3 is 11.5 Å². The molecule has 1 aromatic rings. The van der Waals surface area contributed by atoms with Gasteiger partial charge >= 0.3 is 0 Å². The standard InChI is InChI=1S/C20H20N2/c21-19(15-7-3-1-4-8-15)17-11-13-18(14-12-17)20(22)16-9-5-2-6-10-16/h1-7,9,11-14H,8,10,21-22H2/b19-15-,20-16-. The zero-order valence-electron chi connectivity index (χ0n) is 12.5. The fraction of sp³-hybridized carbons (Fsp3) is 0.100. The lowest BCUT2D eigenvalue weighted by atomic mass is 9.97. The van der Waals surface area contributed by atoms with Crippen molar-refractivity contribution in [2.75, 3.05) is 0 Å². The SMILES string of the molecule is N/C(=C1/C=CC=CC1)c1ccc(/C(N)=C2\C=CC=CC2)cc1. The number of hydrogen-bond acceptors (Lipinski definition) is 2. The minimum atomic E-state index is 0.832. The van der Waals surface area contributed by atoms with Crippen LogP contribution in [0.4, 0.5) is 0 Å². The number of rotatable bonds is 2. The maximum atomic E-state index is 6.27. The maximum absolute atomic E-state index is 6.27. The van der Waals surface area contributed by atoms with Crippen LogP contribution in [0, 0.1) is 0 Å². The molecule has 110 valence electrons. The van der Waals surface area contributed by atoms with E-state index in [4.69, 9.17) is 11.5 Å². The third kappa shape index (κ3) is 2.96. The van der Waals surface area contributed by atoms with Crippen LogP contribution in [0.5, 0.6) is 0 Å². The van der Waals surface area contributed by atoms with Crippen molar-refractivity contribution >= 4 is 11.4 Å². The molecule has 2 aliphatic rings. The summed E-state index contributed by atoms with van der Waals surface area (Å²) in [6.07, 6.45) is 18.2. The Morgan fingerprint density at radius 2 is 1.05 bits per heavy atom. The summed E-state index contributed by atoms with van der Waals surface area (Å²) in [5.74, 6) is 0. The van der Waals surface area contributed by atoms with Gasteiger partial charge in [-0.2, -0.15) is 0 Å². The summed E-state index contributed by atoms with van der Waals surface area (Å²) in [4.78, 5) is 0. The van der Waals surface area contributed by atoms with Gasteiger partial charge in [0.15, 0.2) is 0 Å². The molecule has 0 amide bonds. The van der Waals surface area contributed by atoms with Gasteiger partial charge in [0.1, 0.15) is 0 Å². The van der Waals surface area contributed by atoms with E-state index >= 15 is 0 Å². The summed E-state index contributed by atoms with van der Waals surface area (Å²) >= 11 is 0. The predicted octanol–water partition coefficient (Wildman–Crippen LogP) is 4.06. The van der Waals surface area contributed by atoms with E-state index in [9.17, 15) is 0 Å². The van der Waals surface area contributed by atoms with Gasteiger partial charge in [0.25, 0.3) is 0 Å². The lowest BCUT2D eigenvalue weighted by Crippen LogP contribution is -2.04. The van der Waals surface area contributed by atoms with Crippen LogP contribution in [-0.4, -0.2) is 0 Å². The molecule has 0 fully saturated rings. The Balaban J connectivity index is 1.87. The largest absolute Gasteiger partial charge is 0.398 e. The molecule has 2 nitrogen and oxygen atoms in total. The molecule has 2 aliphatic carbocycles. The molecule has 0 spiro atoms. The Labute approximate surface area is 131 Å². The molecule has 0 saturated heterocycles. The second kappa shape index (κ2) is 6.35. The summed E-state index contributed by atoms with van der Waals surface area (Å²) in [5, 5.41) is 0. The van der Waals surface area contributed by atoms with E-state index in [0.29, 0.717) is 0 Å². The first-order chi connectivity index (χ1) is 10.8. The Hall–Kier alpha value is -2.74. The molecule has 0 saturated carbocycles. The summed E-state index contributed by atoms with van der Waals surface area (Å²) in [7, 11) is 0. The van der Waals surface area contributed by atoms with Gasteiger partial charge in [0, 0.05) is 11.4 Å². The molecule has 3 rings (SSSR count). The first-order valence-corrected chi connectivity index (χ1v) is 7.50. The summed E-state index contributed by atoms with van der Waals surface area (Å²) in [5.41, 5.74) is 18.6. The van der Waals surface area contributed by atoms with Crippen molar-refractivity contribution in [3.63, 3.8) is 0 Å². The lowest BCUT2D eigenvalue weighted by molar-refractivity contribution is 1.24. The van der Waals surface area contributed by atoms with Crippen LogP contribution in [0.25, 0.3) is 11.4 Å². The first-order valence-electron chi connectivity index (χ1n) is 7.50. The summed E-state index contributed by atoms with van der Waals surface area (Å²) < 4.78 is 0. The van der Waals surface area contributed by atoms with Gasteiger partial charge in [-0.25, -0.2) is 0 Å². The van der Waals surface area contributed by atoms with Crippen LogP contribution in [0.3, 0.4) is 0 Å². The van der Waals surface area contributed by atoms with Crippen molar-refractivity contribution < 1.29 is 0 Å². The molecule has 0 unspecified atom stereocenters. The van der Waals surface area contributed by atoms with Crippen LogP contribution >= 0.6 is 0 Å². The molecule has 0 aliphatic heterocycles. The molecule has 1 aromatic carbocycles. The number of benzene rings is 1. The van der Waals surface area contributed by atoms with E-state index < -0.39 is 0 Å². The monoisotopic (exact) mass is 288 g/mol. The van der Waals surface area contributed by atoms with E-state index in [2.05, 4.69) is 24.3 Å². The van der Waals surface area contributed by atoms with Gasteiger partial charge in [-0.3, -0.25) is 0 Å². The normalized spacial score (nSPS) is 21.1. The van der Waals surface area contributed by atoms with Gasteiger partial charge in [0.05, 0.1) is 0 Å². The van der Waals surface area contributed by atoms with Crippen LogP contribution < -0.4 is 11.5 Å².